The van der Waals surface area contributed by atoms with Gasteiger partial charge in [-0.25, -0.2) is 0 Å². The molecule has 0 aromatic carbocycles. The summed E-state index contributed by atoms with van der Waals surface area (Å²) in [5.74, 6) is -0.0434. The van der Waals surface area contributed by atoms with Crippen molar-refractivity contribution in [2.24, 2.45) is 5.16 Å². The Morgan fingerprint density at radius 3 is 3.00 bits per heavy atom. The Balaban J connectivity index is 3.05. The van der Waals surface area contributed by atoms with Crippen LogP contribution in [0.3, 0.4) is 0 Å². The van der Waals surface area contributed by atoms with E-state index < -0.39 is 0 Å². The maximum Gasteiger partial charge on any atom is 0.323 e. The van der Waals surface area contributed by atoms with Crippen molar-refractivity contribution in [3.05, 3.63) is 41.5 Å². The highest BCUT2D eigenvalue weighted by Gasteiger charge is 2.00. The molecule has 0 bridgehead atoms. The standard InChI is InChI=1S/C7H5N3O/c1-8-7(10-11)6-3-2-4-9-5-6/h2-5,11H/b10-7-. The van der Waals surface area contributed by atoms with Crippen LogP contribution in [0.2, 0.25) is 0 Å². The first-order chi connectivity index (χ1) is 5.38. The molecule has 0 aliphatic rings. The molecule has 4 nitrogen and oxygen atoms in total. The predicted molar refractivity (Wildman–Crippen MR) is 39.2 cm³/mol. The van der Waals surface area contributed by atoms with E-state index in [9.17, 15) is 0 Å². The van der Waals surface area contributed by atoms with Crippen LogP contribution in [-0.2, 0) is 0 Å². The van der Waals surface area contributed by atoms with Crippen LogP contribution in [0.5, 0.6) is 0 Å². The van der Waals surface area contributed by atoms with Crippen molar-refractivity contribution in [2.45, 2.75) is 0 Å². The molecule has 0 saturated heterocycles. The first kappa shape index (κ1) is 7.22. The molecule has 1 rings (SSSR count). The van der Waals surface area contributed by atoms with E-state index in [1.54, 1.807) is 18.3 Å². The summed E-state index contributed by atoms with van der Waals surface area (Å²) in [6, 6.07) is 3.33. The van der Waals surface area contributed by atoms with Crippen molar-refractivity contribution in [2.75, 3.05) is 0 Å². The van der Waals surface area contributed by atoms with E-state index in [0.717, 1.165) is 0 Å². The average molecular weight is 147 g/mol. The van der Waals surface area contributed by atoms with Crippen LogP contribution in [0.15, 0.2) is 29.7 Å². The predicted octanol–water partition coefficient (Wildman–Crippen LogP) is 1.14. The summed E-state index contributed by atoms with van der Waals surface area (Å²) in [4.78, 5) is 6.75. The van der Waals surface area contributed by atoms with E-state index in [4.69, 9.17) is 11.8 Å². The summed E-state index contributed by atoms with van der Waals surface area (Å²) in [7, 11) is 0. The fraction of sp³-hybridized carbons (Fsp3) is 0. The van der Waals surface area contributed by atoms with Crippen molar-refractivity contribution in [3.8, 4) is 0 Å². The molecule has 0 unspecified atom stereocenters. The highest BCUT2D eigenvalue weighted by Crippen LogP contribution is 1.98. The van der Waals surface area contributed by atoms with Crippen LogP contribution < -0.4 is 0 Å². The molecule has 0 radical (unpaired) electrons. The average Bonchev–Trinajstić information content (AvgIpc) is 2.09. The van der Waals surface area contributed by atoms with E-state index >= 15 is 0 Å². The Labute approximate surface area is 63.6 Å². The number of hydrogen-bond acceptors (Lipinski definition) is 3. The van der Waals surface area contributed by atoms with Crippen molar-refractivity contribution in [1.29, 1.82) is 0 Å². The molecule has 0 aliphatic carbocycles. The third kappa shape index (κ3) is 1.52. The van der Waals surface area contributed by atoms with Gasteiger partial charge in [0.2, 0.25) is 0 Å². The monoisotopic (exact) mass is 147 g/mol. The Kier molecular flexibility index (Phi) is 2.18. The van der Waals surface area contributed by atoms with Crippen LogP contribution in [0.1, 0.15) is 5.56 Å². The normalized spacial score (nSPS) is 10.6. The van der Waals surface area contributed by atoms with Gasteiger partial charge in [-0.3, -0.25) is 4.98 Å². The van der Waals surface area contributed by atoms with Gasteiger partial charge in [-0.1, -0.05) is 12.6 Å². The summed E-state index contributed by atoms with van der Waals surface area (Å²) in [5, 5.41) is 11.1. The minimum atomic E-state index is -0.0434. The lowest BCUT2D eigenvalue weighted by atomic mass is 10.3. The fourth-order valence-corrected chi connectivity index (χ4v) is 0.640. The van der Waals surface area contributed by atoms with Gasteiger partial charge in [-0.05, 0) is 6.07 Å². The molecule has 0 amide bonds. The highest BCUT2D eigenvalue weighted by atomic mass is 16.4. The molecule has 54 valence electrons. The first-order valence-corrected chi connectivity index (χ1v) is 2.88. The third-order valence-electron chi connectivity index (χ3n) is 1.12. The number of nitrogens with zero attached hydrogens (tertiary/aromatic N) is 3. The molecule has 1 aromatic heterocycles. The maximum absolute atomic E-state index is 8.33. The van der Waals surface area contributed by atoms with Gasteiger partial charge in [0, 0.05) is 18.0 Å². The smallest absolute Gasteiger partial charge is 0.323 e. The lowest BCUT2D eigenvalue weighted by Crippen LogP contribution is -1.93. The second kappa shape index (κ2) is 3.32. The molecule has 0 saturated carbocycles. The Morgan fingerprint density at radius 2 is 2.55 bits per heavy atom. The molecule has 1 heterocycles. The molecule has 4 heteroatoms. The van der Waals surface area contributed by atoms with E-state index in [-0.39, 0.29) is 5.84 Å². The van der Waals surface area contributed by atoms with Crippen LogP contribution >= 0.6 is 0 Å². The maximum atomic E-state index is 8.33. The number of hydrogen-bond donors (Lipinski definition) is 1. The van der Waals surface area contributed by atoms with Gasteiger partial charge in [0.05, 0.1) is 5.16 Å². The minimum absolute atomic E-state index is 0.0434. The largest absolute Gasteiger partial charge is 0.357 e. The number of oxime groups is 1. The third-order valence-corrected chi connectivity index (χ3v) is 1.12. The summed E-state index contributed by atoms with van der Waals surface area (Å²) in [5.41, 5.74) is 0.519. The highest BCUT2D eigenvalue weighted by molar-refractivity contribution is 6.05. The summed E-state index contributed by atoms with van der Waals surface area (Å²) >= 11 is 0. The molecule has 1 N–H and O–H groups in total. The van der Waals surface area contributed by atoms with E-state index in [2.05, 4.69) is 15.0 Å². The van der Waals surface area contributed by atoms with Crippen molar-refractivity contribution in [3.63, 3.8) is 0 Å². The molecular weight excluding hydrogens is 142 g/mol. The minimum Gasteiger partial charge on any atom is -0.357 e. The van der Waals surface area contributed by atoms with Gasteiger partial charge in [-0.2, -0.15) is 0 Å². The zero-order chi connectivity index (χ0) is 8.10. The Morgan fingerprint density at radius 1 is 1.73 bits per heavy atom. The van der Waals surface area contributed by atoms with Gasteiger partial charge in [0.15, 0.2) is 0 Å². The molecule has 0 aliphatic heterocycles. The topological polar surface area (TPSA) is 49.8 Å². The van der Waals surface area contributed by atoms with Crippen LogP contribution in [0, 0.1) is 6.57 Å². The molecular formula is C7H5N3O. The molecule has 0 spiro atoms. The van der Waals surface area contributed by atoms with Crippen LogP contribution in [0.4, 0.5) is 0 Å². The van der Waals surface area contributed by atoms with Crippen LogP contribution in [0.25, 0.3) is 4.85 Å². The van der Waals surface area contributed by atoms with Crippen molar-refractivity contribution < 1.29 is 5.21 Å². The second-order valence-corrected chi connectivity index (χ2v) is 1.78. The van der Waals surface area contributed by atoms with Crippen molar-refractivity contribution in [1.82, 2.24) is 4.98 Å². The number of pyridine rings is 1. The molecule has 0 fully saturated rings. The number of rotatable bonds is 1. The molecule has 11 heavy (non-hydrogen) atoms. The molecule has 1 aromatic rings. The SMILES string of the molecule is [C-]#[N+]/C(=N\O)c1cccnc1. The van der Waals surface area contributed by atoms with Gasteiger partial charge in [-0.15, -0.1) is 0 Å². The quantitative estimate of drug-likeness (QED) is 0.213. The van der Waals surface area contributed by atoms with Gasteiger partial charge in [0.25, 0.3) is 0 Å². The fourth-order valence-electron chi connectivity index (χ4n) is 0.640. The van der Waals surface area contributed by atoms with Gasteiger partial charge < -0.3 is 10.1 Å². The number of aromatic nitrogens is 1. The lowest BCUT2D eigenvalue weighted by molar-refractivity contribution is 0.320. The lowest BCUT2D eigenvalue weighted by Gasteiger charge is -1.91. The molecule has 0 atom stereocenters. The summed E-state index contributed by atoms with van der Waals surface area (Å²) in [6.07, 6.45) is 3.05. The first-order valence-electron chi connectivity index (χ1n) is 2.88. The van der Waals surface area contributed by atoms with E-state index in [0.29, 0.717) is 5.56 Å². The van der Waals surface area contributed by atoms with Gasteiger partial charge >= 0.3 is 5.84 Å². The van der Waals surface area contributed by atoms with E-state index in [1.807, 2.05) is 0 Å². The summed E-state index contributed by atoms with van der Waals surface area (Å²) < 4.78 is 0. The van der Waals surface area contributed by atoms with Crippen LogP contribution in [-0.4, -0.2) is 16.0 Å². The number of amidine groups is 1. The second-order valence-electron chi connectivity index (χ2n) is 1.78. The Bertz CT molecular complexity index is 299. The summed E-state index contributed by atoms with van der Waals surface area (Å²) in [6.45, 7) is 6.60. The van der Waals surface area contributed by atoms with E-state index in [1.165, 1.54) is 6.20 Å². The van der Waals surface area contributed by atoms with Crippen molar-refractivity contribution >= 4 is 5.84 Å². The zero-order valence-corrected chi connectivity index (χ0v) is 5.60. The van der Waals surface area contributed by atoms with Gasteiger partial charge in [0.1, 0.15) is 0 Å². The Hall–Kier alpha value is -1.89. The zero-order valence-electron chi connectivity index (χ0n) is 5.60.